The van der Waals surface area contributed by atoms with Crippen LogP contribution >= 0.6 is 15.9 Å². The van der Waals surface area contributed by atoms with E-state index in [1.807, 2.05) is 0 Å². The molecule has 1 aliphatic rings. The molecule has 1 fully saturated rings. The van der Waals surface area contributed by atoms with Crippen LogP contribution in [0.4, 0.5) is 0 Å². The topological polar surface area (TPSA) is 3.24 Å². The molecule has 3 unspecified atom stereocenters. The van der Waals surface area contributed by atoms with Gasteiger partial charge >= 0.3 is 0 Å². The molecule has 0 aliphatic carbocycles. The Hall–Kier alpha value is 0.440. The number of likely N-dealkylation sites (tertiary alicyclic amines) is 1. The van der Waals surface area contributed by atoms with Crippen LogP contribution in [0.25, 0.3) is 0 Å². The van der Waals surface area contributed by atoms with E-state index in [2.05, 4.69) is 55.4 Å². The van der Waals surface area contributed by atoms with E-state index in [4.69, 9.17) is 0 Å². The van der Waals surface area contributed by atoms with Gasteiger partial charge in [-0.3, -0.25) is 0 Å². The van der Waals surface area contributed by atoms with Gasteiger partial charge in [-0.25, -0.2) is 0 Å². The zero-order valence-electron chi connectivity index (χ0n) is 11.6. The van der Waals surface area contributed by atoms with Crippen LogP contribution in [0, 0.1) is 17.3 Å². The standard InChI is InChI=1S/C14H28BrN/c1-11-7-6-8-16(12(11)2)10-13(9-15)14(3,4)5/h11-13H,6-10H2,1-5H3. The Morgan fingerprint density at radius 1 is 1.31 bits per heavy atom. The van der Waals surface area contributed by atoms with Crippen LogP contribution in [0.5, 0.6) is 0 Å². The first kappa shape index (κ1) is 14.5. The van der Waals surface area contributed by atoms with Crippen molar-refractivity contribution in [3.8, 4) is 0 Å². The number of rotatable bonds is 3. The molecular weight excluding hydrogens is 262 g/mol. The molecule has 0 radical (unpaired) electrons. The van der Waals surface area contributed by atoms with Crippen LogP contribution in [0.1, 0.15) is 47.5 Å². The Bertz CT molecular complexity index is 209. The van der Waals surface area contributed by atoms with Gasteiger partial charge in [-0.05, 0) is 43.6 Å². The first-order valence-electron chi connectivity index (χ1n) is 6.66. The Kier molecular flexibility index (Phi) is 5.31. The molecule has 1 heterocycles. The lowest BCUT2D eigenvalue weighted by Gasteiger charge is -2.42. The maximum atomic E-state index is 3.69. The summed E-state index contributed by atoms with van der Waals surface area (Å²) in [6.45, 7) is 14.4. The highest BCUT2D eigenvalue weighted by atomic mass is 79.9. The molecule has 1 rings (SSSR count). The molecule has 1 nitrogen and oxygen atoms in total. The van der Waals surface area contributed by atoms with E-state index in [0.717, 1.165) is 23.2 Å². The normalized spacial score (nSPS) is 30.4. The molecule has 1 aliphatic heterocycles. The third-order valence-electron chi connectivity index (χ3n) is 4.37. The van der Waals surface area contributed by atoms with Crippen molar-refractivity contribution >= 4 is 15.9 Å². The quantitative estimate of drug-likeness (QED) is 0.705. The smallest absolute Gasteiger partial charge is 0.00926 e. The highest BCUT2D eigenvalue weighted by Gasteiger charge is 2.30. The molecule has 3 atom stereocenters. The van der Waals surface area contributed by atoms with Gasteiger partial charge in [0, 0.05) is 17.9 Å². The first-order valence-corrected chi connectivity index (χ1v) is 7.78. The second-order valence-corrected chi connectivity index (χ2v) is 7.22. The molecule has 96 valence electrons. The molecule has 0 bridgehead atoms. The van der Waals surface area contributed by atoms with Crippen molar-refractivity contribution in [1.82, 2.24) is 4.90 Å². The summed E-state index contributed by atoms with van der Waals surface area (Å²) in [7, 11) is 0. The minimum absolute atomic E-state index is 0.407. The average Bonchev–Trinajstić information content (AvgIpc) is 2.18. The fraction of sp³-hybridized carbons (Fsp3) is 1.00. The fourth-order valence-electron chi connectivity index (χ4n) is 2.52. The average molecular weight is 290 g/mol. The van der Waals surface area contributed by atoms with Crippen LogP contribution in [-0.2, 0) is 0 Å². The van der Waals surface area contributed by atoms with Gasteiger partial charge in [0.25, 0.3) is 0 Å². The van der Waals surface area contributed by atoms with Crippen LogP contribution < -0.4 is 0 Å². The third kappa shape index (κ3) is 3.73. The predicted octanol–water partition coefficient (Wildman–Crippen LogP) is 4.16. The minimum atomic E-state index is 0.407. The maximum Gasteiger partial charge on any atom is 0.00926 e. The molecule has 0 N–H and O–H groups in total. The van der Waals surface area contributed by atoms with Crippen molar-refractivity contribution in [2.45, 2.75) is 53.5 Å². The Labute approximate surface area is 110 Å². The molecule has 1 saturated heterocycles. The molecule has 2 heteroatoms. The van der Waals surface area contributed by atoms with Crippen molar-refractivity contribution < 1.29 is 0 Å². The second kappa shape index (κ2) is 5.86. The lowest BCUT2D eigenvalue weighted by molar-refractivity contribution is 0.0744. The molecule has 0 aromatic rings. The molecule has 0 spiro atoms. The number of nitrogens with zero attached hydrogens (tertiary/aromatic N) is 1. The van der Waals surface area contributed by atoms with Gasteiger partial charge < -0.3 is 4.90 Å². The van der Waals surface area contributed by atoms with Crippen molar-refractivity contribution in [2.24, 2.45) is 17.3 Å². The Morgan fingerprint density at radius 2 is 1.94 bits per heavy atom. The maximum absolute atomic E-state index is 3.69. The summed E-state index contributed by atoms with van der Waals surface area (Å²) in [6, 6.07) is 0.762. The van der Waals surface area contributed by atoms with Crippen molar-refractivity contribution in [1.29, 1.82) is 0 Å². The van der Waals surface area contributed by atoms with Gasteiger partial charge in [0.15, 0.2) is 0 Å². The van der Waals surface area contributed by atoms with E-state index in [1.165, 1.54) is 25.9 Å². The summed E-state index contributed by atoms with van der Waals surface area (Å²) in [6.07, 6.45) is 2.79. The van der Waals surface area contributed by atoms with E-state index in [-0.39, 0.29) is 0 Å². The van der Waals surface area contributed by atoms with Crippen LogP contribution in [0.15, 0.2) is 0 Å². The number of halogens is 1. The largest absolute Gasteiger partial charge is 0.300 e. The molecule has 0 amide bonds. The number of hydrogen-bond donors (Lipinski definition) is 0. The van der Waals surface area contributed by atoms with E-state index < -0.39 is 0 Å². The van der Waals surface area contributed by atoms with Gasteiger partial charge in [0.2, 0.25) is 0 Å². The second-order valence-electron chi connectivity index (χ2n) is 6.57. The summed E-state index contributed by atoms with van der Waals surface area (Å²) >= 11 is 3.69. The summed E-state index contributed by atoms with van der Waals surface area (Å²) in [5.74, 6) is 1.62. The van der Waals surface area contributed by atoms with Gasteiger partial charge in [0.1, 0.15) is 0 Å². The Morgan fingerprint density at radius 3 is 2.44 bits per heavy atom. The molecule has 16 heavy (non-hydrogen) atoms. The first-order chi connectivity index (χ1) is 7.36. The molecule has 0 aromatic heterocycles. The highest BCUT2D eigenvalue weighted by Crippen LogP contribution is 2.31. The van der Waals surface area contributed by atoms with Crippen LogP contribution in [0.2, 0.25) is 0 Å². The van der Waals surface area contributed by atoms with Crippen molar-refractivity contribution in [2.75, 3.05) is 18.4 Å². The van der Waals surface area contributed by atoms with E-state index in [9.17, 15) is 0 Å². The van der Waals surface area contributed by atoms with Gasteiger partial charge in [-0.1, -0.05) is 43.6 Å². The number of hydrogen-bond acceptors (Lipinski definition) is 1. The lowest BCUT2D eigenvalue weighted by atomic mass is 9.80. The monoisotopic (exact) mass is 289 g/mol. The fourth-order valence-corrected chi connectivity index (χ4v) is 3.69. The summed E-state index contributed by atoms with van der Waals surface area (Å²) in [5.41, 5.74) is 0.407. The van der Waals surface area contributed by atoms with Crippen molar-refractivity contribution in [3.05, 3.63) is 0 Å². The van der Waals surface area contributed by atoms with Gasteiger partial charge in [-0.2, -0.15) is 0 Å². The highest BCUT2D eigenvalue weighted by molar-refractivity contribution is 9.09. The zero-order chi connectivity index (χ0) is 12.3. The number of alkyl halides is 1. The molecule has 0 saturated carbocycles. The van der Waals surface area contributed by atoms with Crippen molar-refractivity contribution in [3.63, 3.8) is 0 Å². The van der Waals surface area contributed by atoms with Gasteiger partial charge in [0.05, 0.1) is 0 Å². The molecule has 0 aromatic carbocycles. The van der Waals surface area contributed by atoms with Gasteiger partial charge in [-0.15, -0.1) is 0 Å². The minimum Gasteiger partial charge on any atom is -0.300 e. The Balaban J connectivity index is 2.57. The van der Waals surface area contributed by atoms with E-state index >= 15 is 0 Å². The lowest BCUT2D eigenvalue weighted by Crippen LogP contribution is -2.46. The summed E-state index contributed by atoms with van der Waals surface area (Å²) in [4.78, 5) is 2.70. The van der Waals surface area contributed by atoms with Crippen LogP contribution in [0.3, 0.4) is 0 Å². The molecular formula is C14H28BrN. The summed E-state index contributed by atoms with van der Waals surface area (Å²) in [5, 5.41) is 1.12. The summed E-state index contributed by atoms with van der Waals surface area (Å²) < 4.78 is 0. The SMILES string of the molecule is CC1CCCN(CC(CBr)C(C)(C)C)C1C. The zero-order valence-corrected chi connectivity index (χ0v) is 13.2. The van der Waals surface area contributed by atoms with E-state index in [1.54, 1.807) is 0 Å². The number of piperidine rings is 1. The predicted molar refractivity (Wildman–Crippen MR) is 76.2 cm³/mol. The van der Waals surface area contributed by atoms with Crippen LogP contribution in [-0.4, -0.2) is 29.4 Å². The van der Waals surface area contributed by atoms with E-state index in [0.29, 0.717) is 5.41 Å². The third-order valence-corrected chi connectivity index (χ3v) is 5.15.